The molecule has 1 aliphatic rings. The number of methoxy groups -OCH3 is 1. The van der Waals surface area contributed by atoms with E-state index in [1.54, 1.807) is 0 Å². The van der Waals surface area contributed by atoms with Crippen molar-refractivity contribution in [2.45, 2.75) is 18.7 Å². The van der Waals surface area contributed by atoms with Gasteiger partial charge in [0.25, 0.3) is 17.5 Å². The normalized spacial score (nSPS) is 16.7. The Bertz CT molecular complexity index is 1450. The third-order valence-electron chi connectivity index (χ3n) is 4.89. The predicted molar refractivity (Wildman–Crippen MR) is 135 cm³/mol. The van der Waals surface area contributed by atoms with E-state index in [1.807, 2.05) is 0 Å². The van der Waals surface area contributed by atoms with Crippen LogP contribution in [0.4, 0.5) is 10.8 Å². The van der Waals surface area contributed by atoms with Crippen molar-refractivity contribution in [2.75, 3.05) is 19.5 Å². The molecule has 3 rings (SSSR count). The number of nitro groups is 1. The zero-order chi connectivity index (χ0) is 28.9. The number of non-ortho nitro benzene ring substituents is 1. The zero-order valence-electron chi connectivity index (χ0n) is 19.6. The van der Waals surface area contributed by atoms with Crippen LogP contribution in [0.5, 0.6) is 0 Å². The van der Waals surface area contributed by atoms with Crippen LogP contribution >= 0.6 is 11.3 Å². The number of carbonyl (C=O) groups is 4. The average Bonchev–Trinajstić information content (AvgIpc) is 3.31. The summed E-state index contributed by atoms with van der Waals surface area (Å²) in [5, 5.41) is 17.6. The van der Waals surface area contributed by atoms with E-state index < -0.39 is 63.4 Å². The van der Waals surface area contributed by atoms with Gasteiger partial charge in [0.05, 0.1) is 12.0 Å². The van der Waals surface area contributed by atoms with E-state index >= 15 is 0 Å². The van der Waals surface area contributed by atoms with Gasteiger partial charge in [-0.1, -0.05) is 5.16 Å². The second-order valence-corrected chi connectivity index (χ2v) is 9.58. The maximum absolute atomic E-state index is 12.9. The fraction of sp³-hybridized carbons (Fsp3) is 0.263. The van der Waals surface area contributed by atoms with Crippen molar-refractivity contribution in [3.8, 4) is 0 Å². The van der Waals surface area contributed by atoms with Crippen molar-refractivity contribution in [3.63, 3.8) is 0 Å². The van der Waals surface area contributed by atoms with Gasteiger partial charge in [-0.25, -0.2) is 14.6 Å². The fourth-order valence-electron chi connectivity index (χ4n) is 3.09. The number of anilines is 1. The summed E-state index contributed by atoms with van der Waals surface area (Å²) in [5.41, 5.74) is 5.11. The number of rotatable bonds is 11. The van der Waals surface area contributed by atoms with Gasteiger partial charge in [0, 0.05) is 17.5 Å². The number of nitrogens with zero attached hydrogens (tertiary/aromatic N) is 4. The van der Waals surface area contributed by atoms with Gasteiger partial charge in [0.2, 0.25) is 6.61 Å². The number of nitrogen functional groups attached to an aromatic ring is 1. The van der Waals surface area contributed by atoms with Gasteiger partial charge >= 0.3 is 51.8 Å². The number of nitro benzene ring substituents is 1. The van der Waals surface area contributed by atoms with E-state index in [-0.39, 0.29) is 57.0 Å². The molecule has 2 atom stereocenters. The van der Waals surface area contributed by atoms with Crippen LogP contribution < -0.4 is 11.1 Å². The molecule has 0 aliphatic carbocycles. The van der Waals surface area contributed by atoms with Crippen molar-refractivity contribution in [3.05, 3.63) is 51.0 Å². The van der Waals surface area contributed by atoms with Gasteiger partial charge in [0.1, 0.15) is 18.3 Å². The summed E-state index contributed by atoms with van der Waals surface area (Å²) in [5.74, 6) is -4.70. The second-order valence-electron chi connectivity index (χ2n) is 7.40. The van der Waals surface area contributed by atoms with Crippen LogP contribution in [0.25, 0.3) is 0 Å². The first-order valence-electron chi connectivity index (χ1n) is 10.3. The van der Waals surface area contributed by atoms with Crippen molar-refractivity contribution >= 4 is 91.5 Å². The Balaban J connectivity index is 0.00000560. The van der Waals surface area contributed by atoms with Gasteiger partial charge in [-0.3, -0.25) is 24.3 Å². The van der Waals surface area contributed by atoms with Crippen LogP contribution in [0, 0.1) is 10.1 Å². The summed E-state index contributed by atoms with van der Waals surface area (Å²) in [6.45, 7) is -1.05. The molecule has 21 heteroatoms. The van der Waals surface area contributed by atoms with E-state index in [0.29, 0.717) is 5.56 Å². The summed E-state index contributed by atoms with van der Waals surface area (Å²) in [6, 6.07) is 1.54. The Labute approximate surface area is 250 Å². The van der Waals surface area contributed by atoms with E-state index in [1.165, 1.54) is 29.6 Å². The molecule has 210 valence electrons. The predicted octanol–water partition coefficient (Wildman–Crippen LogP) is -1.88. The molecule has 1 fully saturated rings. The first-order chi connectivity index (χ1) is 18.3. The topological polar surface area (TPSA) is 260 Å². The molecule has 1 aromatic carbocycles. The van der Waals surface area contributed by atoms with E-state index in [9.17, 15) is 42.3 Å². The summed E-state index contributed by atoms with van der Waals surface area (Å²) in [4.78, 5) is 67.9. The Morgan fingerprint density at radius 2 is 1.95 bits per heavy atom. The molecule has 1 saturated heterocycles. The molecule has 4 N–H and O–H groups in total. The monoisotopic (exact) mass is 610 g/mol. The van der Waals surface area contributed by atoms with Crippen molar-refractivity contribution in [1.29, 1.82) is 0 Å². The molecule has 2 heterocycles. The number of esters is 2. The average molecular weight is 611 g/mol. The minimum absolute atomic E-state index is 0. The molecule has 40 heavy (non-hydrogen) atoms. The first-order valence-corrected chi connectivity index (χ1v) is 12.6. The second kappa shape index (κ2) is 13.6. The Morgan fingerprint density at radius 1 is 1.30 bits per heavy atom. The number of amides is 2. The number of ether oxygens (including phenoxy) is 2. The molecule has 2 aromatic rings. The zero-order valence-corrected chi connectivity index (χ0v) is 21.2. The molecular formula is C19H19N6NaO12S2. The molecule has 0 spiro atoms. The molecule has 0 saturated carbocycles. The van der Waals surface area contributed by atoms with Crippen molar-refractivity contribution in [2.24, 2.45) is 5.16 Å². The maximum atomic E-state index is 12.9. The number of carbonyl (C=O) groups excluding carboxylic acids is 4. The number of benzene rings is 1. The fourth-order valence-corrected chi connectivity index (χ4v) is 4.48. The molecule has 0 bridgehead atoms. The molecule has 2 amide bonds. The summed E-state index contributed by atoms with van der Waals surface area (Å²) < 4.78 is 41.3. The van der Waals surface area contributed by atoms with Gasteiger partial charge in [-0.2, -0.15) is 12.7 Å². The van der Waals surface area contributed by atoms with Gasteiger partial charge in [-0.05, 0) is 17.7 Å². The number of hydrogen-bond donors (Lipinski definition) is 3. The van der Waals surface area contributed by atoms with E-state index in [4.69, 9.17) is 15.3 Å². The van der Waals surface area contributed by atoms with Gasteiger partial charge < -0.3 is 25.4 Å². The third-order valence-corrected chi connectivity index (χ3v) is 6.47. The molecule has 0 radical (unpaired) electrons. The van der Waals surface area contributed by atoms with Crippen LogP contribution in [0.2, 0.25) is 0 Å². The van der Waals surface area contributed by atoms with Crippen LogP contribution in [-0.2, 0) is 50.4 Å². The van der Waals surface area contributed by atoms with Crippen molar-refractivity contribution < 1.29 is 51.4 Å². The number of hydrogen-bond acceptors (Lipinski definition) is 15. The molecule has 2 unspecified atom stereocenters. The number of thiazole rings is 1. The number of nitrogens with one attached hydrogen (secondary N) is 1. The van der Waals surface area contributed by atoms with E-state index in [2.05, 4.69) is 20.2 Å². The summed E-state index contributed by atoms with van der Waals surface area (Å²) in [7, 11) is -4.25. The SMILES string of the molecule is COC(=O)C1C(NC(=O)/C(=N\OCC(=O)OCc2ccc([N+](=O)[O-])cc2)c2csc(N)n2)C(=O)N1S(=O)(=O)O.[NaH]. The minimum atomic E-state index is -5.14. The summed E-state index contributed by atoms with van der Waals surface area (Å²) in [6.07, 6.45) is 0. The Hall–Kier alpha value is -3.69. The number of aromatic nitrogens is 1. The van der Waals surface area contributed by atoms with Crippen LogP contribution in [-0.4, -0.2) is 112 Å². The molecule has 1 aromatic heterocycles. The van der Waals surface area contributed by atoms with Crippen LogP contribution in [0.15, 0.2) is 34.8 Å². The van der Waals surface area contributed by atoms with Crippen LogP contribution in [0.3, 0.4) is 0 Å². The number of nitrogens with two attached hydrogens (primary N) is 1. The molecule has 1 aliphatic heterocycles. The van der Waals surface area contributed by atoms with Gasteiger partial charge in [0.15, 0.2) is 16.9 Å². The quantitative estimate of drug-likeness (QED) is 0.0478. The van der Waals surface area contributed by atoms with Gasteiger partial charge in [-0.15, -0.1) is 11.3 Å². The number of β-lactam (4-membered cyclic amide) rings is 1. The number of oxime groups is 1. The standard InChI is InChI=1S/C19H18N6O12S2.Na.H/c1-35-18(29)15-14(17(28)24(15)39(32,33)34)22-16(27)13(11-8-38-19(20)21-11)23-37-7-12(26)36-6-9-2-4-10(5-3-9)25(30)31;;/h2-5,8,14-15H,6-7H2,1H3,(H2,20,21)(H,22,27)(H,32,33,34);;/b23-13-;;. The van der Waals surface area contributed by atoms with Crippen molar-refractivity contribution in [1.82, 2.24) is 14.6 Å². The molecule has 18 nitrogen and oxygen atoms in total. The Kier molecular flexibility index (Phi) is 11.0. The third kappa shape index (κ3) is 7.70. The van der Waals surface area contributed by atoms with Crippen LogP contribution in [0.1, 0.15) is 11.3 Å². The Morgan fingerprint density at radius 3 is 2.48 bits per heavy atom. The first kappa shape index (κ1) is 32.5. The molecular weight excluding hydrogens is 591 g/mol. The summed E-state index contributed by atoms with van der Waals surface area (Å²) >= 11 is 0.905. The van der Waals surface area contributed by atoms with E-state index in [0.717, 1.165) is 18.4 Å².